The van der Waals surface area contributed by atoms with E-state index in [-0.39, 0.29) is 29.0 Å². The van der Waals surface area contributed by atoms with Crippen LogP contribution in [0.15, 0.2) is 29.3 Å². The van der Waals surface area contributed by atoms with Crippen molar-refractivity contribution in [3.05, 3.63) is 35.4 Å². The molecule has 1 aromatic rings. The molecule has 0 aromatic heterocycles. The first kappa shape index (κ1) is 33.0. The molecule has 3 rings (SSSR count). The van der Waals surface area contributed by atoms with Crippen molar-refractivity contribution in [3.63, 3.8) is 0 Å². The number of carboxylic acid groups (broad SMARTS) is 1. The number of carboxylic acids is 1. The van der Waals surface area contributed by atoms with E-state index in [1.165, 1.54) is 44.9 Å². The number of nitrogens with one attached hydrogen (secondary N) is 1. The van der Waals surface area contributed by atoms with Gasteiger partial charge < -0.3 is 15.3 Å². The fourth-order valence-electron chi connectivity index (χ4n) is 5.53. The van der Waals surface area contributed by atoms with Gasteiger partial charge in [-0.15, -0.1) is 0 Å². The Morgan fingerprint density at radius 2 is 1.64 bits per heavy atom. The number of rotatable bonds is 7. The summed E-state index contributed by atoms with van der Waals surface area (Å²) in [4.78, 5) is 30.6. The summed E-state index contributed by atoms with van der Waals surface area (Å²) in [7, 11) is 1.82. The van der Waals surface area contributed by atoms with Crippen LogP contribution >= 0.6 is 0 Å². The van der Waals surface area contributed by atoms with E-state index in [0.29, 0.717) is 5.41 Å². The molecule has 1 aliphatic carbocycles. The van der Waals surface area contributed by atoms with Gasteiger partial charge in [0.1, 0.15) is 0 Å². The van der Waals surface area contributed by atoms with Crippen molar-refractivity contribution in [1.82, 2.24) is 10.2 Å². The van der Waals surface area contributed by atoms with Gasteiger partial charge >= 0.3 is 5.97 Å². The first-order chi connectivity index (χ1) is 18.2. The Morgan fingerprint density at radius 3 is 2.08 bits per heavy atom. The molecule has 0 bridgehead atoms. The number of piperidine rings is 1. The van der Waals surface area contributed by atoms with Gasteiger partial charge in [0.2, 0.25) is 0 Å². The number of aromatic carboxylic acids is 1. The maximum absolute atomic E-state index is 13.0. The second kappa shape index (κ2) is 15.0. The molecule has 6 nitrogen and oxygen atoms in total. The van der Waals surface area contributed by atoms with Crippen LogP contribution in [0.1, 0.15) is 128 Å². The summed E-state index contributed by atoms with van der Waals surface area (Å²) in [6.45, 7) is 17.0. The molecule has 39 heavy (non-hydrogen) atoms. The average molecular weight is 542 g/mol. The molecule has 0 radical (unpaired) electrons. The topological polar surface area (TPSA) is 82.0 Å². The number of nitrogens with zero attached hydrogens (tertiary/aromatic N) is 2. The summed E-state index contributed by atoms with van der Waals surface area (Å²) in [6, 6.07) is 7.77. The summed E-state index contributed by atoms with van der Waals surface area (Å²) in [5.41, 5.74) is 1.68. The number of amides is 1. The number of aliphatic imine (C=N–C) groups is 1. The number of hydrogen-bond donors (Lipinski definition) is 2. The van der Waals surface area contributed by atoms with E-state index in [0.717, 1.165) is 43.2 Å². The minimum absolute atomic E-state index is 0.0934. The summed E-state index contributed by atoms with van der Waals surface area (Å²) in [5.74, 6) is -0.312. The fourth-order valence-corrected chi connectivity index (χ4v) is 5.53. The van der Waals surface area contributed by atoms with E-state index in [2.05, 4.69) is 58.8 Å². The molecule has 2 N–H and O–H groups in total. The number of carbonyl (C=O) groups is 2. The van der Waals surface area contributed by atoms with Gasteiger partial charge in [-0.3, -0.25) is 9.79 Å². The van der Waals surface area contributed by atoms with E-state index in [1.54, 1.807) is 17.0 Å². The van der Waals surface area contributed by atoms with Crippen LogP contribution in [0, 0.1) is 16.7 Å². The summed E-state index contributed by atoms with van der Waals surface area (Å²) in [6.07, 6.45) is 11.9. The molecule has 220 valence electrons. The zero-order valence-electron chi connectivity index (χ0n) is 25.9. The fraction of sp³-hybridized carbons (Fsp3) is 0.727. The molecule has 1 aliphatic heterocycles. The first-order valence-electron chi connectivity index (χ1n) is 15.0. The Bertz CT molecular complexity index is 913. The number of carbonyl (C=O) groups excluding carboxylic acids is 1. The molecule has 2 unspecified atom stereocenters. The predicted octanol–water partition coefficient (Wildman–Crippen LogP) is 7.53. The highest BCUT2D eigenvalue weighted by Crippen LogP contribution is 2.38. The Morgan fingerprint density at radius 1 is 1.03 bits per heavy atom. The van der Waals surface area contributed by atoms with Crippen molar-refractivity contribution in [2.45, 2.75) is 124 Å². The Balaban J connectivity index is 0.000000658. The lowest BCUT2D eigenvalue weighted by molar-refractivity contribution is -0.124. The SMILES string of the molecule is CC1CCCCN1.CN(C(=O)C=NC1CCC(C(C)(C)C)CC1)C(CCC(C)(C)C)c1ccc(C(=O)O)cc1. The molecule has 1 saturated carbocycles. The van der Waals surface area contributed by atoms with Crippen molar-refractivity contribution in [1.29, 1.82) is 0 Å². The molecule has 6 heteroatoms. The van der Waals surface area contributed by atoms with E-state index >= 15 is 0 Å². The van der Waals surface area contributed by atoms with Crippen molar-refractivity contribution in [2.75, 3.05) is 13.6 Å². The first-order valence-corrected chi connectivity index (χ1v) is 15.0. The Hall–Kier alpha value is -2.21. The third-order valence-corrected chi connectivity index (χ3v) is 8.40. The Kier molecular flexibility index (Phi) is 12.7. The largest absolute Gasteiger partial charge is 0.478 e. The van der Waals surface area contributed by atoms with Crippen molar-refractivity contribution >= 4 is 18.1 Å². The zero-order valence-corrected chi connectivity index (χ0v) is 25.9. The second-order valence-electron chi connectivity index (χ2n) is 14.0. The van der Waals surface area contributed by atoms with E-state index in [1.807, 2.05) is 19.2 Å². The van der Waals surface area contributed by atoms with Crippen LogP contribution in [0.2, 0.25) is 0 Å². The second-order valence-corrected chi connectivity index (χ2v) is 14.0. The van der Waals surface area contributed by atoms with Gasteiger partial charge in [-0.05, 0) is 99.3 Å². The normalized spacial score (nSPS) is 23.0. The molecular formula is C33H55N3O3. The summed E-state index contributed by atoms with van der Waals surface area (Å²) in [5, 5.41) is 12.6. The highest BCUT2D eigenvalue weighted by molar-refractivity contribution is 6.26. The lowest BCUT2D eigenvalue weighted by Crippen LogP contribution is -2.33. The van der Waals surface area contributed by atoms with Crippen LogP contribution in [0.25, 0.3) is 0 Å². The third-order valence-electron chi connectivity index (χ3n) is 8.40. The molecule has 2 fully saturated rings. The average Bonchev–Trinajstić information content (AvgIpc) is 2.87. The highest BCUT2D eigenvalue weighted by atomic mass is 16.4. The van der Waals surface area contributed by atoms with Crippen LogP contribution < -0.4 is 5.32 Å². The maximum Gasteiger partial charge on any atom is 0.335 e. The van der Waals surface area contributed by atoms with Crippen LogP contribution in [-0.4, -0.2) is 53.8 Å². The van der Waals surface area contributed by atoms with Gasteiger partial charge in [0.15, 0.2) is 0 Å². The third kappa shape index (κ3) is 11.8. The molecule has 2 atom stereocenters. The predicted molar refractivity (Wildman–Crippen MR) is 163 cm³/mol. The van der Waals surface area contributed by atoms with E-state index < -0.39 is 5.97 Å². The van der Waals surface area contributed by atoms with Crippen molar-refractivity contribution in [3.8, 4) is 0 Å². The quantitative estimate of drug-likeness (QED) is 0.350. The molecule has 2 aliphatic rings. The van der Waals surface area contributed by atoms with Gasteiger partial charge in [-0.1, -0.05) is 60.1 Å². The highest BCUT2D eigenvalue weighted by Gasteiger charge is 2.30. The number of hydrogen-bond acceptors (Lipinski definition) is 4. The summed E-state index contributed by atoms with van der Waals surface area (Å²) >= 11 is 0. The van der Waals surface area contributed by atoms with Crippen LogP contribution in [0.4, 0.5) is 0 Å². The van der Waals surface area contributed by atoms with Gasteiger partial charge in [0, 0.05) is 13.1 Å². The van der Waals surface area contributed by atoms with E-state index in [4.69, 9.17) is 0 Å². The van der Waals surface area contributed by atoms with Crippen LogP contribution in [0.3, 0.4) is 0 Å². The number of benzene rings is 1. The molecular weight excluding hydrogens is 486 g/mol. The monoisotopic (exact) mass is 541 g/mol. The van der Waals surface area contributed by atoms with Crippen LogP contribution in [-0.2, 0) is 4.79 Å². The standard InChI is InChI=1S/C27H42N2O3.C6H13N/c1-26(2,3)17-16-23(19-8-10-20(11-9-19)25(31)32)29(7)24(30)18-28-22-14-12-21(13-15-22)27(4,5)6;1-6-4-2-3-5-7-6/h8-11,18,21-23H,12-17H2,1-7H3,(H,31,32);6-7H,2-5H2,1H3. The lowest BCUT2D eigenvalue weighted by Gasteiger charge is -2.36. The molecule has 0 spiro atoms. The Labute approximate surface area is 238 Å². The summed E-state index contributed by atoms with van der Waals surface area (Å²) < 4.78 is 0. The molecule has 1 saturated heterocycles. The van der Waals surface area contributed by atoms with Gasteiger partial charge in [-0.25, -0.2) is 4.79 Å². The van der Waals surface area contributed by atoms with Crippen LogP contribution in [0.5, 0.6) is 0 Å². The van der Waals surface area contributed by atoms with Gasteiger partial charge in [-0.2, -0.15) is 0 Å². The van der Waals surface area contributed by atoms with E-state index in [9.17, 15) is 14.7 Å². The maximum atomic E-state index is 13.0. The molecule has 1 aromatic carbocycles. The molecule has 1 amide bonds. The minimum Gasteiger partial charge on any atom is -0.478 e. The minimum atomic E-state index is -0.944. The van der Waals surface area contributed by atoms with Crippen molar-refractivity contribution in [2.24, 2.45) is 21.7 Å². The zero-order chi connectivity index (χ0) is 29.2. The molecule has 1 heterocycles. The lowest BCUT2D eigenvalue weighted by atomic mass is 9.71. The smallest absolute Gasteiger partial charge is 0.335 e. The van der Waals surface area contributed by atoms with Crippen molar-refractivity contribution < 1.29 is 14.7 Å². The van der Waals surface area contributed by atoms with Gasteiger partial charge in [0.05, 0.1) is 23.9 Å². The van der Waals surface area contributed by atoms with Gasteiger partial charge in [0.25, 0.3) is 5.91 Å².